The van der Waals surface area contributed by atoms with Gasteiger partial charge < -0.3 is 0 Å². The van der Waals surface area contributed by atoms with Gasteiger partial charge in [-0.3, -0.25) is 0 Å². The van der Waals surface area contributed by atoms with Crippen LogP contribution in [0.25, 0.3) is 0 Å². The van der Waals surface area contributed by atoms with Gasteiger partial charge in [-0.1, -0.05) is 68.0 Å². The summed E-state index contributed by atoms with van der Waals surface area (Å²) in [6.07, 6.45) is 14.6. The third-order valence-electron chi connectivity index (χ3n) is 4.20. The molecule has 1 heteroatoms. The molecule has 2 unspecified atom stereocenters. The molecule has 0 nitrogen and oxygen atoms in total. The predicted octanol–water partition coefficient (Wildman–Crippen LogP) is 5.60. The van der Waals surface area contributed by atoms with Crippen LogP contribution in [0.1, 0.15) is 27.2 Å². The van der Waals surface area contributed by atoms with Gasteiger partial charge in [-0.15, -0.1) is 0 Å². The second kappa shape index (κ2) is 5.20. The van der Waals surface area contributed by atoms with Crippen molar-refractivity contribution in [2.75, 3.05) is 0 Å². The average Bonchev–Trinajstić information content (AvgIpc) is 2.52. The van der Waals surface area contributed by atoms with Gasteiger partial charge in [-0.2, -0.15) is 0 Å². The second-order valence-corrected chi connectivity index (χ2v) is 7.09. The van der Waals surface area contributed by atoms with Gasteiger partial charge in [0.25, 0.3) is 0 Å². The SMILES string of the molecule is C=C/C=C(C)\C=C1/CC2C=CC(I)=CC2C1(C)C. The van der Waals surface area contributed by atoms with Crippen molar-refractivity contribution in [1.29, 1.82) is 0 Å². The Morgan fingerprint density at radius 1 is 1.50 bits per heavy atom. The van der Waals surface area contributed by atoms with E-state index in [4.69, 9.17) is 0 Å². The van der Waals surface area contributed by atoms with Gasteiger partial charge in [-0.05, 0) is 53.2 Å². The third-order valence-corrected chi connectivity index (χ3v) is 4.92. The zero-order valence-electron chi connectivity index (χ0n) is 11.4. The summed E-state index contributed by atoms with van der Waals surface area (Å²) in [5, 5.41) is 0. The summed E-state index contributed by atoms with van der Waals surface area (Å²) in [6, 6.07) is 0. The molecule has 18 heavy (non-hydrogen) atoms. The lowest BCUT2D eigenvalue weighted by molar-refractivity contribution is 0.330. The molecule has 0 saturated heterocycles. The maximum absolute atomic E-state index is 3.77. The maximum Gasteiger partial charge on any atom is 0.00902 e. The molecule has 96 valence electrons. The van der Waals surface area contributed by atoms with E-state index in [1.807, 2.05) is 6.08 Å². The van der Waals surface area contributed by atoms with Gasteiger partial charge in [0.1, 0.15) is 0 Å². The Labute approximate surface area is 124 Å². The van der Waals surface area contributed by atoms with Crippen LogP contribution in [0.15, 0.2) is 57.8 Å². The van der Waals surface area contributed by atoms with Gasteiger partial charge in [0.05, 0.1) is 0 Å². The first-order chi connectivity index (χ1) is 8.45. The van der Waals surface area contributed by atoms with E-state index in [0.29, 0.717) is 11.8 Å². The fourth-order valence-corrected chi connectivity index (χ4v) is 3.70. The van der Waals surface area contributed by atoms with E-state index >= 15 is 0 Å². The maximum atomic E-state index is 3.77. The van der Waals surface area contributed by atoms with E-state index in [1.54, 1.807) is 5.57 Å². The minimum absolute atomic E-state index is 0.266. The van der Waals surface area contributed by atoms with Crippen LogP contribution in [0.3, 0.4) is 0 Å². The van der Waals surface area contributed by atoms with Crippen LogP contribution in [0, 0.1) is 17.3 Å². The molecule has 2 atom stereocenters. The van der Waals surface area contributed by atoms with Crippen LogP contribution in [0.5, 0.6) is 0 Å². The summed E-state index contributed by atoms with van der Waals surface area (Å²) >= 11 is 2.43. The Kier molecular flexibility index (Phi) is 4.00. The molecule has 1 saturated carbocycles. The Hall–Kier alpha value is -0.570. The first-order valence-corrected chi connectivity index (χ1v) is 7.59. The van der Waals surface area contributed by atoms with Crippen molar-refractivity contribution < 1.29 is 0 Å². The number of rotatable bonds is 2. The number of allylic oxidation sites excluding steroid dienone is 9. The van der Waals surface area contributed by atoms with Crippen molar-refractivity contribution in [1.82, 2.24) is 0 Å². The van der Waals surface area contributed by atoms with Crippen LogP contribution in [-0.4, -0.2) is 0 Å². The van der Waals surface area contributed by atoms with Crippen molar-refractivity contribution in [2.24, 2.45) is 17.3 Å². The van der Waals surface area contributed by atoms with E-state index in [2.05, 4.69) is 80.3 Å². The standard InChI is InChI=1S/C17H21I/c1-5-6-12(2)9-14-10-13-7-8-15(18)11-16(13)17(14,3)4/h5-9,11,13,16H,1,10H2,2-4H3/b12-6-,14-9+. The molecule has 0 aliphatic heterocycles. The van der Waals surface area contributed by atoms with Gasteiger partial charge in [0.2, 0.25) is 0 Å². The van der Waals surface area contributed by atoms with Crippen molar-refractivity contribution in [3.05, 3.63) is 57.8 Å². The molecule has 0 N–H and O–H groups in total. The molecular formula is C17H21I. The highest BCUT2D eigenvalue weighted by Gasteiger charge is 2.43. The monoisotopic (exact) mass is 352 g/mol. The Morgan fingerprint density at radius 3 is 2.89 bits per heavy atom. The van der Waals surface area contributed by atoms with Crippen molar-refractivity contribution >= 4 is 22.6 Å². The van der Waals surface area contributed by atoms with Crippen LogP contribution >= 0.6 is 22.6 Å². The molecule has 1 fully saturated rings. The van der Waals surface area contributed by atoms with Gasteiger partial charge in [0, 0.05) is 3.58 Å². The van der Waals surface area contributed by atoms with Gasteiger partial charge >= 0.3 is 0 Å². The van der Waals surface area contributed by atoms with E-state index in [-0.39, 0.29) is 5.41 Å². The fourth-order valence-electron chi connectivity index (χ4n) is 3.11. The quantitative estimate of drug-likeness (QED) is 0.449. The highest BCUT2D eigenvalue weighted by Crippen LogP contribution is 2.53. The molecule has 0 heterocycles. The summed E-state index contributed by atoms with van der Waals surface area (Å²) in [4.78, 5) is 0. The van der Waals surface area contributed by atoms with E-state index in [1.165, 1.54) is 15.6 Å². The Morgan fingerprint density at radius 2 is 2.22 bits per heavy atom. The average molecular weight is 352 g/mol. The fraction of sp³-hybridized carbons (Fsp3) is 0.412. The van der Waals surface area contributed by atoms with Crippen molar-refractivity contribution in [3.8, 4) is 0 Å². The predicted molar refractivity (Wildman–Crippen MR) is 88.7 cm³/mol. The summed E-state index contributed by atoms with van der Waals surface area (Å²) in [7, 11) is 0. The molecule has 0 aromatic carbocycles. The molecule has 0 aromatic rings. The largest absolute Gasteiger partial charge is 0.0991 e. The van der Waals surface area contributed by atoms with Crippen molar-refractivity contribution in [2.45, 2.75) is 27.2 Å². The lowest BCUT2D eigenvalue weighted by Crippen LogP contribution is -2.22. The van der Waals surface area contributed by atoms with Crippen LogP contribution in [0.2, 0.25) is 0 Å². The Balaban J connectivity index is 2.35. The van der Waals surface area contributed by atoms with Crippen molar-refractivity contribution in [3.63, 3.8) is 0 Å². The molecule has 0 amide bonds. The first-order valence-electron chi connectivity index (χ1n) is 6.51. The van der Waals surface area contributed by atoms with Gasteiger partial charge in [-0.25, -0.2) is 0 Å². The van der Waals surface area contributed by atoms with E-state index in [9.17, 15) is 0 Å². The molecule has 0 bridgehead atoms. The third kappa shape index (κ3) is 2.56. The summed E-state index contributed by atoms with van der Waals surface area (Å²) in [5.41, 5.74) is 3.14. The number of hydrogen-bond donors (Lipinski definition) is 0. The molecule has 0 spiro atoms. The summed E-state index contributed by atoms with van der Waals surface area (Å²) in [5.74, 6) is 1.33. The molecule has 2 rings (SSSR count). The Bertz CT molecular complexity index is 472. The first kappa shape index (κ1) is 13.9. The molecular weight excluding hydrogens is 331 g/mol. The molecule has 0 aromatic heterocycles. The number of fused-ring (bicyclic) bond motifs is 1. The highest BCUT2D eigenvalue weighted by molar-refractivity contribution is 14.1. The number of hydrogen-bond acceptors (Lipinski definition) is 0. The van der Waals surface area contributed by atoms with Gasteiger partial charge in [0.15, 0.2) is 0 Å². The minimum atomic E-state index is 0.266. The zero-order valence-corrected chi connectivity index (χ0v) is 13.6. The normalized spacial score (nSPS) is 32.3. The smallest absolute Gasteiger partial charge is 0.00902 e. The van der Waals surface area contributed by atoms with Crippen LogP contribution < -0.4 is 0 Å². The molecule has 0 radical (unpaired) electrons. The lowest BCUT2D eigenvalue weighted by Gasteiger charge is -2.30. The molecule has 2 aliphatic carbocycles. The highest BCUT2D eigenvalue weighted by atomic mass is 127. The zero-order chi connectivity index (χ0) is 13.3. The van der Waals surface area contributed by atoms with Crippen LogP contribution in [-0.2, 0) is 0 Å². The van der Waals surface area contributed by atoms with E-state index < -0.39 is 0 Å². The van der Waals surface area contributed by atoms with Crippen LogP contribution in [0.4, 0.5) is 0 Å². The topological polar surface area (TPSA) is 0 Å². The second-order valence-electron chi connectivity index (χ2n) is 5.84. The summed E-state index contributed by atoms with van der Waals surface area (Å²) in [6.45, 7) is 10.7. The van der Waals surface area contributed by atoms with E-state index in [0.717, 1.165) is 0 Å². The minimum Gasteiger partial charge on any atom is -0.0991 e. The lowest BCUT2D eigenvalue weighted by atomic mass is 9.75. The summed E-state index contributed by atoms with van der Waals surface area (Å²) < 4.78 is 1.38. The number of halogens is 1. The molecule has 2 aliphatic rings.